The summed E-state index contributed by atoms with van der Waals surface area (Å²) in [5, 5.41) is 10.8. The summed E-state index contributed by atoms with van der Waals surface area (Å²) in [5.74, 6) is -1.52. The number of thioether (sulfide) groups is 1. The van der Waals surface area contributed by atoms with Crippen molar-refractivity contribution in [2.24, 2.45) is 4.40 Å². The molecule has 0 radical (unpaired) electrons. The van der Waals surface area contributed by atoms with Gasteiger partial charge in [0.05, 0.1) is 4.92 Å². The first kappa shape index (κ1) is 28.1. The molecule has 12 heteroatoms. The monoisotopic (exact) mass is 589 g/mol. The first-order valence-electron chi connectivity index (χ1n) is 12.4. The van der Waals surface area contributed by atoms with Crippen molar-refractivity contribution in [3.63, 3.8) is 0 Å². The number of nitro benzene ring substituents is 1. The van der Waals surface area contributed by atoms with Gasteiger partial charge in [-0.3, -0.25) is 24.6 Å². The van der Waals surface area contributed by atoms with E-state index in [4.69, 9.17) is 9.47 Å². The summed E-state index contributed by atoms with van der Waals surface area (Å²) < 4.78 is 15.6. The van der Waals surface area contributed by atoms with Gasteiger partial charge in [-0.05, 0) is 17.2 Å². The molecule has 10 nitrogen and oxygen atoms in total. The molecule has 0 saturated carbocycles. The molecule has 0 bridgehead atoms. The predicted octanol–water partition coefficient (Wildman–Crippen LogP) is 5.11. The third-order valence-corrected chi connectivity index (χ3v) is 8.37. The van der Waals surface area contributed by atoms with Crippen molar-refractivity contribution in [1.82, 2.24) is 4.90 Å². The third kappa shape index (κ3) is 6.03. The Hall–Kier alpha value is -4.42. The van der Waals surface area contributed by atoms with Crippen LogP contribution in [0.15, 0.2) is 105 Å². The number of amides is 1. The fraction of sp³-hybridized carbons (Fsp3) is 0.172. The molecule has 3 aromatic rings. The first-order chi connectivity index (χ1) is 19.8. The van der Waals surface area contributed by atoms with Crippen LogP contribution in [0.25, 0.3) is 0 Å². The van der Waals surface area contributed by atoms with E-state index in [1.807, 2.05) is 60.7 Å². The van der Waals surface area contributed by atoms with Gasteiger partial charge in [0.25, 0.3) is 11.6 Å². The Labute approximate surface area is 243 Å². The maximum absolute atomic E-state index is 13.8. The second kappa shape index (κ2) is 12.4. The lowest BCUT2D eigenvalue weighted by molar-refractivity contribution is -0.387. The van der Waals surface area contributed by atoms with Crippen molar-refractivity contribution in [3.8, 4) is 0 Å². The van der Waals surface area contributed by atoms with Gasteiger partial charge >= 0.3 is 11.9 Å². The van der Waals surface area contributed by atoms with Crippen LogP contribution >= 0.6 is 23.7 Å². The molecule has 41 heavy (non-hydrogen) atoms. The lowest BCUT2D eigenvalue weighted by Gasteiger charge is -2.44. The van der Waals surface area contributed by atoms with Crippen LogP contribution in [0.4, 0.5) is 5.69 Å². The van der Waals surface area contributed by atoms with Gasteiger partial charge in [0.15, 0.2) is 6.10 Å². The van der Waals surface area contributed by atoms with E-state index in [0.29, 0.717) is 5.57 Å². The van der Waals surface area contributed by atoms with Crippen LogP contribution in [-0.2, 0) is 23.9 Å². The van der Waals surface area contributed by atoms with Crippen molar-refractivity contribution in [2.45, 2.75) is 23.3 Å². The Morgan fingerprint density at radius 2 is 1.66 bits per heavy atom. The zero-order valence-corrected chi connectivity index (χ0v) is 23.3. The summed E-state index contributed by atoms with van der Waals surface area (Å²) in [6, 6.07) is 24.6. The number of β-lactam (4-membered cyclic amide) rings is 1. The van der Waals surface area contributed by atoms with Crippen molar-refractivity contribution in [2.75, 3.05) is 12.4 Å². The highest BCUT2D eigenvalue weighted by molar-refractivity contribution is 8.01. The maximum atomic E-state index is 13.8. The molecule has 3 aromatic carbocycles. The van der Waals surface area contributed by atoms with E-state index < -0.39 is 34.2 Å². The van der Waals surface area contributed by atoms with Gasteiger partial charge in [0, 0.05) is 36.3 Å². The molecular weight excluding hydrogens is 566 g/mol. The second-order valence-corrected chi connectivity index (χ2v) is 10.8. The fourth-order valence-corrected chi connectivity index (χ4v) is 6.40. The van der Waals surface area contributed by atoms with E-state index in [1.54, 1.807) is 18.2 Å². The number of carbonyl (C=O) groups is 3. The number of nitro groups is 1. The van der Waals surface area contributed by atoms with Gasteiger partial charge in [-0.1, -0.05) is 72.8 Å². The second-order valence-electron chi connectivity index (χ2n) is 8.97. The van der Waals surface area contributed by atoms with Crippen molar-refractivity contribution < 1.29 is 28.8 Å². The third-order valence-electron chi connectivity index (χ3n) is 6.27. The molecule has 1 atom stereocenters. The Balaban J connectivity index is 1.45. The number of hydrogen-bond donors (Lipinski definition) is 0. The number of esters is 2. The number of fused-ring (bicyclic) bond motifs is 1. The van der Waals surface area contributed by atoms with Crippen LogP contribution in [-0.4, -0.2) is 51.1 Å². The molecule has 1 amide bonds. The van der Waals surface area contributed by atoms with Crippen molar-refractivity contribution in [1.29, 1.82) is 0 Å². The molecular formula is C29H23N3O7S2. The summed E-state index contributed by atoms with van der Waals surface area (Å²) in [7, 11) is 0. The van der Waals surface area contributed by atoms with E-state index in [1.165, 1.54) is 29.7 Å². The summed E-state index contributed by atoms with van der Waals surface area (Å²) in [6.07, 6.45) is -0.751. The molecule has 0 aromatic heterocycles. The van der Waals surface area contributed by atoms with Gasteiger partial charge in [-0.25, -0.2) is 9.19 Å². The molecule has 0 N–H and O–H groups in total. The summed E-state index contributed by atoms with van der Waals surface area (Å²) >= 11 is 2.17. The van der Waals surface area contributed by atoms with Crippen LogP contribution < -0.4 is 0 Å². The molecule has 5 rings (SSSR count). The molecule has 2 heterocycles. The normalized spacial score (nSPS) is 17.2. The van der Waals surface area contributed by atoms with E-state index in [9.17, 15) is 24.5 Å². The van der Waals surface area contributed by atoms with Gasteiger partial charge < -0.3 is 9.47 Å². The standard InChI is InChI=1S/C29H23N3O7S2/c1-18(33)38-16-21-17-40-28-24(30-41-23-15-9-8-14-22(23)32(36)37)27(34)31(28)25(21)29(35)39-26(19-10-4-2-5-11-19)20-12-6-3-7-13-20/h2-15,26,28H,16-17H2,1H3/t28-/m1/s1. The van der Waals surface area contributed by atoms with Gasteiger partial charge in [-0.15, -0.1) is 11.8 Å². The number of nitrogens with zero attached hydrogens (tertiary/aromatic N) is 3. The first-order valence-corrected chi connectivity index (χ1v) is 14.3. The number of para-hydroxylation sites is 1. The minimum atomic E-state index is -0.751. The SMILES string of the molecule is CC(=O)OCC1=C(C(=O)OC(c2ccccc2)c2ccccc2)N2C(=O)C(=NSc3ccccc3[N+](=O)[O-])[C@H]2SC1. The highest BCUT2D eigenvalue weighted by Crippen LogP contribution is 2.42. The van der Waals surface area contributed by atoms with Gasteiger partial charge in [0.2, 0.25) is 0 Å². The number of rotatable bonds is 9. The Kier molecular flexibility index (Phi) is 8.50. The highest BCUT2D eigenvalue weighted by atomic mass is 32.2. The molecule has 2 aliphatic heterocycles. The number of benzene rings is 3. The largest absolute Gasteiger partial charge is 0.461 e. The Bertz CT molecular complexity index is 1520. The van der Waals surface area contributed by atoms with Crippen LogP contribution in [0.2, 0.25) is 0 Å². The van der Waals surface area contributed by atoms with E-state index in [2.05, 4.69) is 4.40 Å². The van der Waals surface area contributed by atoms with E-state index in [-0.39, 0.29) is 34.4 Å². The van der Waals surface area contributed by atoms with E-state index >= 15 is 0 Å². The Morgan fingerprint density at radius 3 is 2.27 bits per heavy atom. The zero-order valence-electron chi connectivity index (χ0n) is 21.7. The minimum absolute atomic E-state index is 0.00602. The summed E-state index contributed by atoms with van der Waals surface area (Å²) in [4.78, 5) is 51.2. The summed E-state index contributed by atoms with van der Waals surface area (Å²) in [6.45, 7) is 1.08. The predicted molar refractivity (Wildman–Crippen MR) is 154 cm³/mol. The molecule has 0 unspecified atom stereocenters. The van der Waals surface area contributed by atoms with Gasteiger partial charge in [0.1, 0.15) is 28.3 Å². The van der Waals surface area contributed by atoms with Crippen LogP contribution in [0.1, 0.15) is 24.2 Å². The fourth-order valence-electron chi connectivity index (χ4n) is 4.34. The quantitative estimate of drug-likeness (QED) is 0.110. The molecule has 0 spiro atoms. The summed E-state index contributed by atoms with van der Waals surface area (Å²) in [5.41, 5.74) is 1.97. The van der Waals surface area contributed by atoms with E-state index in [0.717, 1.165) is 23.1 Å². The maximum Gasteiger partial charge on any atom is 0.356 e. The minimum Gasteiger partial charge on any atom is -0.461 e. The lowest BCUT2D eigenvalue weighted by atomic mass is 10.0. The number of hydrogen-bond acceptors (Lipinski definition) is 10. The number of carbonyl (C=O) groups excluding carboxylic acids is 3. The average Bonchev–Trinajstić information content (AvgIpc) is 2.99. The molecule has 0 aliphatic carbocycles. The topological polar surface area (TPSA) is 128 Å². The lowest BCUT2D eigenvalue weighted by Crippen LogP contribution is -2.62. The average molecular weight is 590 g/mol. The van der Waals surface area contributed by atoms with Crippen molar-refractivity contribution >= 4 is 53.0 Å². The zero-order chi connectivity index (χ0) is 28.9. The Morgan fingerprint density at radius 1 is 1.05 bits per heavy atom. The number of ether oxygens (including phenoxy) is 2. The molecule has 2 aliphatic rings. The van der Waals surface area contributed by atoms with Crippen LogP contribution in [0.5, 0.6) is 0 Å². The van der Waals surface area contributed by atoms with Gasteiger partial charge in [-0.2, -0.15) is 0 Å². The van der Waals surface area contributed by atoms with Crippen LogP contribution in [0.3, 0.4) is 0 Å². The molecule has 208 valence electrons. The molecule has 1 fully saturated rings. The van der Waals surface area contributed by atoms with Crippen molar-refractivity contribution in [3.05, 3.63) is 117 Å². The molecule has 1 saturated heterocycles. The van der Waals surface area contributed by atoms with Crippen LogP contribution in [0, 0.1) is 10.1 Å². The smallest absolute Gasteiger partial charge is 0.356 e. The highest BCUT2D eigenvalue weighted by Gasteiger charge is 2.52.